The summed E-state index contributed by atoms with van der Waals surface area (Å²) in [7, 11) is 1.00. The lowest BCUT2D eigenvalue weighted by molar-refractivity contribution is -0.426. The topological polar surface area (TPSA) is 18.5 Å². The van der Waals surface area contributed by atoms with E-state index in [1.165, 1.54) is 0 Å². The molecule has 0 aliphatic heterocycles. The van der Waals surface area contributed by atoms with E-state index in [0.29, 0.717) is 14.4 Å². The van der Waals surface area contributed by atoms with Crippen LogP contribution in [0.1, 0.15) is 0 Å². The summed E-state index contributed by atoms with van der Waals surface area (Å²) in [6.07, 6.45) is -29.7. The minimum Gasteiger partial charge on any atom is -0.282 e. The average molecular weight is 608 g/mol. The molecule has 0 aliphatic carbocycles. The minimum absolute atomic E-state index is 0.500. The third kappa shape index (κ3) is 76.8. The van der Waals surface area contributed by atoms with Gasteiger partial charge in [-0.1, -0.05) is 0 Å². The van der Waals surface area contributed by atoms with Crippen molar-refractivity contribution < 1.29 is 106 Å². The first-order valence-electron chi connectivity index (χ1n) is 7.09. The largest absolute Gasteiger partial charge is 0.527 e. The van der Waals surface area contributed by atoms with Crippen LogP contribution in [0.25, 0.3) is 0 Å². The monoisotopic (exact) mass is 608 g/mol. The van der Waals surface area contributed by atoms with Crippen LogP contribution < -0.4 is 0 Å². The fourth-order valence-corrected chi connectivity index (χ4v) is 0.360. The van der Waals surface area contributed by atoms with E-state index in [1.807, 2.05) is 0 Å². The summed E-state index contributed by atoms with van der Waals surface area (Å²) in [6.45, 7) is -9.25. The summed E-state index contributed by atoms with van der Waals surface area (Å²) in [5.41, 5.74) is 0. The second kappa shape index (κ2) is 21.5. The Bertz CT molecular complexity index is 416. The van der Waals surface area contributed by atoms with Crippen LogP contribution in [0.5, 0.6) is 0 Å². The normalized spacial score (nSPS) is 12.0. The number of rotatable bonds is 3. The summed E-state index contributed by atoms with van der Waals surface area (Å²) in [6, 6.07) is 0. The summed E-state index contributed by atoms with van der Waals surface area (Å²) < 4.78 is 238. The Morgan fingerprint density at radius 1 is 0.417 bits per heavy atom. The van der Waals surface area contributed by atoms with Crippen LogP contribution in [0.4, 0.5) is 96.6 Å². The number of ether oxygens (including phenoxy) is 2. The van der Waals surface area contributed by atoms with Gasteiger partial charge in [-0.25, -0.2) is 17.9 Å². The van der Waals surface area contributed by atoms with Crippen molar-refractivity contribution in [3.63, 3.8) is 0 Å². The maximum Gasteiger partial charge on any atom is 0.527 e. The third-order valence-electron chi connectivity index (χ3n) is 1.12. The molecular formula is C12H14F22O2. The van der Waals surface area contributed by atoms with Gasteiger partial charge in [-0.2, -0.15) is 48.3 Å². The molecule has 0 aromatic heterocycles. The van der Waals surface area contributed by atoms with Gasteiger partial charge in [0.1, 0.15) is 0 Å². The van der Waals surface area contributed by atoms with Gasteiger partial charge in [-0.3, -0.25) is 13.5 Å². The summed E-state index contributed by atoms with van der Waals surface area (Å²) >= 11 is 0. The summed E-state index contributed by atoms with van der Waals surface area (Å²) in [5, 5.41) is 0. The van der Waals surface area contributed by atoms with Crippen LogP contribution in [-0.2, 0) is 9.47 Å². The Hall–Kier alpha value is -1.62. The highest BCUT2D eigenvalue weighted by Gasteiger charge is 2.45. The SMILES string of the molecule is CF.CF.FC(F)(F)COC(F)(F)F.FCC(F)(F)F.FCC(F)(F)F.FCC(F)(F)OC(F)(F)F. The maximum absolute atomic E-state index is 11.3. The van der Waals surface area contributed by atoms with Crippen molar-refractivity contribution in [2.24, 2.45) is 0 Å². The zero-order valence-electron chi connectivity index (χ0n) is 17.0. The second-order valence-corrected chi connectivity index (χ2v) is 4.17. The van der Waals surface area contributed by atoms with Crippen molar-refractivity contribution in [3.05, 3.63) is 0 Å². The molecule has 0 fully saturated rings. The maximum atomic E-state index is 11.3. The lowest BCUT2D eigenvalue weighted by atomic mass is 10.7. The van der Waals surface area contributed by atoms with E-state index in [9.17, 15) is 96.6 Å². The Morgan fingerprint density at radius 2 is 0.667 bits per heavy atom. The molecule has 0 spiro atoms. The molecular weight excluding hydrogens is 594 g/mol. The molecule has 0 aromatic rings. The molecule has 0 rings (SSSR count). The lowest BCUT2D eigenvalue weighted by Gasteiger charge is -2.14. The minimum atomic E-state index is -5.50. The number of alkyl halides is 22. The van der Waals surface area contributed by atoms with Gasteiger partial charge < -0.3 is 0 Å². The Labute approximate surface area is 186 Å². The molecule has 0 bridgehead atoms. The highest BCUT2D eigenvalue weighted by molar-refractivity contribution is 4.48. The fourth-order valence-electron chi connectivity index (χ4n) is 0.360. The standard InChI is InChI=1S/2C3H2F6O.2C2H2F4.2CH3F/c4-2(5,6)1-10-3(7,8)9;4-1-2(5,6)10-3(7,8)9;2*3-1-2(4,5)6;2*1-2/h2*1H2;2*1H2;2*1H3. The van der Waals surface area contributed by atoms with Crippen molar-refractivity contribution in [1.82, 2.24) is 0 Å². The van der Waals surface area contributed by atoms with Crippen LogP contribution in [-0.4, -0.2) is 78.3 Å². The van der Waals surface area contributed by atoms with Gasteiger partial charge in [0.2, 0.25) is 0 Å². The molecule has 24 heteroatoms. The molecule has 0 unspecified atom stereocenters. The molecule has 228 valence electrons. The third-order valence-corrected chi connectivity index (χ3v) is 1.12. The molecule has 0 aromatic carbocycles. The van der Waals surface area contributed by atoms with Crippen LogP contribution >= 0.6 is 0 Å². The Balaban J connectivity index is -0.0000000813. The molecule has 0 N–H and O–H groups in total. The molecule has 0 saturated heterocycles. The molecule has 0 radical (unpaired) electrons. The summed E-state index contributed by atoms with van der Waals surface area (Å²) in [5.74, 6) is 0. The Kier molecular flexibility index (Phi) is 28.4. The van der Waals surface area contributed by atoms with Crippen LogP contribution in [0.3, 0.4) is 0 Å². The van der Waals surface area contributed by atoms with Crippen molar-refractivity contribution >= 4 is 0 Å². The van der Waals surface area contributed by atoms with Gasteiger partial charge in [0, 0.05) is 0 Å². The fraction of sp³-hybridized carbons (Fsp3) is 1.00. The molecule has 0 amide bonds. The zero-order valence-corrected chi connectivity index (χ0v) is 17.0. The van der Waals surface area contributed by atoms with Gasteiger partial charge in [-0.15, -0.1) is 26.3 Å². The average Bonchev–Trinajstić information content (AvgIpc) is 2.67. The molecule has 0 saturated carbocycles. The first-order chi connectivity index (χ1) is 15.6. The smallest absolute Gasteiger partial charge is 0.282 e. The van der Waals surface area contributed by atoms with Crippen LogP contribution in [0.2, 0.25) is 0 Å². The first-order valence-corrected chi connectivity index (χ1v) is 7.09. The van der Waals surface area contributed by atoms with E-state index < -0.39 is 64.0 Å². The predicted molar refractivity (Wildman–Crippen MR) is 74.2 cm³/mol. The molecule has 0 atom stereocenters. The van der Waals surface area contributed by atoms with E-state index in [-0.39, 0.29) is 0 Å². The number of halogens is 22. The van der Waals surface area contributed by atoms with Crippen molar-refractivity contribution in [1.29, 1.82) is 0 Å². The van der Waals surface area contributed by atoms with Crippen molar-refractivity contribution in [2.75, 3.05) is 41.0 Å². The van der Waals surface area contributed by atoms with Crippen LogP contribution in [0.15, 0.2) is 0 Å². The van der Waals surface area contributed by atoms with Crippen molar-refractivity contribution in [2.45, 2.75) is 37.4 Å². The van der Waals surface area contributed by atoms with Gasteiger partial charge in [0.25, 0.3) is 0 Å². The van der Waals surface area contributed by atoms with Gasteiger partial charge in [0.05, 0.1) is 14.4 Å². The van der Waals surface area contributed by atoms with Gasteiger partial charge in [0.15, 0.2) is 26.6 Å². The van der Waals surface area contributed by atoms with E-state index >= 15 is 0 Å². The lowest BCUT2D eigenvalue weighted by Crippen LogP contribution is -2.31. The molecule has 2 nitrogen and oxygen atoms in total. The second-order valence-electron chi connectivity index (χ2n) is 4.17. The summed E-state index contributed by atoms with van der Waals surface area (Å²) in [4.78, 5) is 0. The van der Waals surface area contributed by atoms with E-state index in [2.05, 4.69) is 9.47 Å². The number of hydrogen-bond donors (Lipinski definition) is 0. The first kappa shape index (κ1) is 47.6. The predicted octanol–water partition coefficient (Wildman–Crippen LogP) is 8.38. The quantitative estimate of drug-likeness (QED) is 0.300. The van der Waals surface area contributed by atoms with Crippen molar-refractivity contribution in [3.8, 4) is 0 Å². The molecule has 0 aliphatic rings. The highest BCUT2D eigenvalue weighted by Crippen LogP contribution is 2.27. The Morgan fingerprint density at radius 3 is 0.722 bits per heavy atom. The number of hydrogen-bond acceptors (Lipinski definition) is 2. The zero-order chi connectivity index (χ0) is 31.2. The molecule has 0 heterocycles. The highest BCUT2D eigenvalue weighted by atomic mass is 19.4. The van der Waals surface area contributed by atoms with E-state index in [4.69, 9.17) is 0 Å². The van der Waals surface area contributed by atoms with E-state index in [1.54, 1.807) is 0 Å². The van der Waals surface area contributed by atoms with E-state index in [0.717, 1.165) is 0 Å². The molecule has 36 heavy (non-hydrogen) atoms. The van der Waals surface area contributed by atoms with Crippen LogP contribution in [0, 0.1) is 0 Å². The van der Waals surface area contributed by atoms with Gasteiger partial charge >= 0.3 is 37.4 Å². The van der Waals surface area contributed by atoms with Gasteiger partial charge in [-0.05, 0) is 0 Å².